The van der Waals surface area contributed by atoms with Crippen LogP contribution in [0.3, 0.4) is 0 Å². The predicted molar refractivity (Wildman–Crippen MR) is 141 cm³/mol. The molecule has 0 aliphatic heterocycles. The minimum absolute atomic E-state index is 0.0825. The van der Waals surface area contributed by atoms with E-state index in [1.165, 1.54) is 38.5 Å². The summed E-state index contributed by atoms with van der Waals surface area (Å²) >= 11 is 0. The smallest absolute Gasteiger partial charge is 0.227 e. The number of anilines is 1. The lowest BCUT2D eigenvalue weighted by molar-refractivity contribution is -0.112. The van der Waals surface area contributed by atoms with Crippen molar-refractivity contribution in [1.29, 1.82) is 5.26 Å². The van der Waals surface area contributed by atoms with E-state index in [0.29, 0.717) is 46.6 Å². The third-order valence-corrected chi connectivity index (χ3v) is 8.86. The summed E-state index contributed by atoms with van der Waals surface area (Å²) in [6.45, 7) is 0. The molecule has 6 rings (SSSR count). The number of nitriles is 1. The van der Waals surface area contributed by atoms with Gasteiger partial charge in [0.1, 0.15) is 11.9 Å². The van der Waals surface area contributed by atoms with Gasteiger partial charge in [-0.15, -0.1) is 0 Å². The maximum atomic E-state index is 14.8. The number of halogens is 2. The first kappa shape index (κ1) is 25.5. The van der Waals surface area contributed by atoms with Gasteiger partial charge >= 0.3 is 0 Å². The molecule has 39 heavy (non-hydrogen) atoms. The standard InChI is InChI=1S/C30H30F2N4O3/c1-38-24-8-6-18(11-23(24)32)25-26(19-4-5-20(15-33)22(31)12-19)34-28(35-27(25)39-2)36-30-14-17-3-7-21(30)9-10-29(37,13-17)16-30/h4-6,8,11-12,17,21,37H,3,7,9-10,13-14,16H2,1-2H3,(H,34,35,36). The van der Waals surface area contributed by atoms with E-state index in [4.69, 9.17) is 19.4 Å². The quantitative estimate of drug-likeness (QED) is 0.410. The monoisotopic (exact) mass is 532 g/mol. The minimum Gasteiger partial charge on any atom is -0.494 e. The van der Waals surface area contributed by atoms with Gasteiger partial charge in [0.2, 0.25) is 11.8 Å². The van der Waals surface area contributed by atoms with Crippen LogP contribution in [0.2, 0.25) is 0 Å². The number of aliphatic hydroxyl groups is 1. The number of hydrogen-bond acceptors (Lipinski definition) is 7. The van der Waals surface area contributed by atoms with Gasteiger partial charge in [-0.05, 0) is 86.6 Å². The zero-order valence-corrected chi connectivity index (χ0v) is 21.9. The van der Waals surface area contributed by atoms with E-state index in [9.17, 15) is 19.1 Å². The van der Waals surface area contributed by atoms with Gasteiger partial charge in [-0.25, -0.2) is 13.8 Å². The predicted octanol–water partition coefficient (Wildman–Crippen LogP) is 5.86. The highest BCUT2D eigenvalue weighted by Crippen LogP contribution is 2.57. The SMILES string of the molecule is COc1ccc(-c2c(OC)nc(NC34CC5CCC3CCC(O)(C5)C4)nc2-c2ccc(C#N)c(F)c2)cc1F. The van der Waals surface area contributed by atoms with E-state index in [-0.39, 0.29) is 22.7 Å². The van der Waals surface area contributed by atoms with Crippen LogP contribution in [0.25, 0.3) is 22.4 Å². The lowest BCUT2D eigenvalue weighted by Crippen LogP contribution is -2.62. The van der Waals surface area contributed by atoms with Crippen molar-refractivity contribution in [1.82, 2.24) is 9.97 Å². The van der Waals surface area contributed by atoms with Crippen molar-refractivity contribution in [3.05, 3.63) is 53.6 Å². The van der Waals surface area contributed by atoms with E-state index >= 15 is 0 Å². The Morgan fingerprint density at radius 3 is 2.51 bits per heavy atom. The first-order valence-electron chi connectivity index (χ1n) is 13.3. The third-order valence-electron chi connectivity index (χ3n) is 8.86. The number of benzene rings is 2. The van der Waals surface area contributed by atoms with Gasteiger partial charge in [-0.2, -0.15) is 10.2 Å². The van der Waals surface area contributed by atoms with Crippen LogP contribution in [0, 0.1) is 34.8 Å². The van der Waals surface area contributed by atoms with E-state index in [1.54, 1.807) is 12.1 Å². The molecule has 1 heterocycles. The average Bonchev–Trinajstić information content (AvgIpc) is 2.91. The lowest BCUT2D eigenvalue weighted by Gasteiger charge is -2.59. The summed E-state index contributed by atoms with van der Waals surface area (Å²) in [5, 5.41) is 24.2. The molecule has 3 aliphatic carbocycles. The maximum absolute atomic E-state index is 14.8. The highest BCUT2D eigenvalue weighted by Gasteiger charge is 2.57. The summed E-state index contributed by atoms with van der Waals surface area (Å²) in [5.41, 5.74) is 0.408. The molecule has 202 valence electrons. The Bertz CT molecular complexity index is 1490. The van der Waals surface area contributed by atoms with Crippen molar-refractivity contribution in [2.75, 3.05) is 19.5 Å². The van der Waals surface area contributed by atoms with Crippen LogP contribution in [-0.4, -0.2) is 40.4 Å². The molecule has 4 unspecified atom stereocenters. The Morgan fingerprint density at radius 1 is 1.00 bits per heavy atom. The number of ether oxygens (including phenoxy) is 2. The van der Waals surface area contributed by atoms with E-state index in [0.717, 1.165) is 38.5 Å². The number of hydrogen-bond donors (Lipinski definition) is 2. The number of nitrogens with zero attached hydrogens (tertiary/aromatic N) is 3. The molecule has 7 nitrogen and oxygen atoms in total. The van der Waals surface area contributed by atoms with Crippen LogP contribution in [0.1, 0.15) is 50.5 Å². The molecule has 2 N–H and O–H groups in total. The van der Waals surface area contributed by atoms with Gasteiger partial charge in [-0.1, -0.05) is 12.1 Å². The van der Waals surface area contributed by atoms with Gasteiger partial charge < -0.3 is 19.9 Å². The first-order valence-corrected chi connectivity index (χ1v) is 13.3. The fourth-order valence-electron chi connectivity index (χ4n) is 7.25. The zero-order valence-electron chi connectivity index (χ0n) is 21.9. The molecule has 3 aliphatic rings. The fourth-order valence-corrected chi connectivity index (χ4v) is 7.25. The molecule has 0 saturated heterocycles. The number of methoxy groups -OCH3 is 2. The van der Waals surface area contributed by atoms with Gasteiger partial charge in [0.05, 0.1) is 36.6 Å². The van der Waals surface area contributed by atoms with E-state index in [1.807, 2.05) is 6.07 Å². The molecule has 0 amide bonds. The Morgan fingerprint density at radius 2 is 1.79 bits per heavy atom. The summed E-state index contributed by atoms with van der Waals surface area (Å²) in [6, 6.07) is 10.6. The summed E-state index contributed by atoms with van der Waals surface area (Å²) in [5.74, 6) is 0.142. The van der Waals surface area contributed by atoms with Crippen molar-refractivity contribution in [2.24, 2.45) is 11.8 Å². The third kappa shape index (κ3) is 4.37. The lowest BCUT2D eigenvalue weighted by atomic mass is 9.52. The average molecular weight is 533 g/mol. The van der Waals surface area contributed by atoms with Crippen LogP contribution in [0.5, 0.6) is 11.6 Å². The second-order valence-corrected chi connectivity index (χ2v) is 11.2. The number of aromatic nitrogens is 2. The molecular formula is C30H30F2N4O3. The second-order valence-electron chi connectivity index (χ2n) is 11.2. The Kier molecular flexibility index (Phi) is 6.18. The normalized spacial score (nSPS) is 27.1. The molecule has 2 aromatic carbocycles. The van der Waals surface area contributed by atoms with Crippen LogP contribution in [0.15, 0.2) is 36.4 Å². The van der Waals surface area contributed by atoms with Crippen LogP contribution in [-0.2, 0) is 0 Å². The van der Waals surface area contributed by atoms with Gasteiger partial charge in [0.15, 0.2) is 11.6 Å². The second kappa shape index (κ2) is 9.45. The van der Waals surface area contributed by atoms with Crippen LogP contribution < -0.4 is 14.8 Å². The summed E-state index contributed by atoms with van der Waals surface area (Å²) in [4.78, 5) is 9.55. The largest absolute Gasteiger partial charge is 0.494 e. The van der Waals surface area contributed by atoms with Gasteiger partial charge in [0, 0.05) is 11.1 Å². The van der Waals surface area contributed by atoms with Crippen molar-refractivity contribution < 1.29 is 23.4 Å². The molecule has 0 spiro atoms. The van der Waals surface area contributed by atoms with E-state index < -0.39 is 17.2 Å². The number of fused-ring (bicyclic) bond motifs is 2. The Hall–Kier alpha value is -3.77. The zero-order chi connectivity index (χ0) is 27.4. The van der Waals surface area contributed by atoms with Gasteiger partial charge in [0.25, 0.3) is 0 Å². The molecule has 9 heteroatoms. The highest BCUT2D eigenvalue weighted by atomic mass is 19.1. The Balaban J connectivity index is 1.51. The number of nitrogens with one attached hydrogen (secondary N) is 1. The van der Waals surface area contributed by atoms with Crippen molar-refractivity contribution in [2.45, 2.75) is 56.1 Å². The minimum atomic E-state index is -0.698. The highest BCUT2D eigenvalue weighted by molar-refractivity contribution is 5.85. The summed E-state index contributed by atoms with van der Waals surface area (Å²) in [6.07, 6.45) is 6.31. The molecule has 3 saturated carbocycles. The molecule has 0 radical (unpaired) electrons. The fraction of sp³-hybridized carbons (Fsp3) is 0.433. The van der Waals surface area contributed by atoms with Crippen LogP contribution in [0.4, 0.5) is 14.7 Å². The summed E-state index contributed by atoms with van der Waals surface area (Å²) < 4.78 is 40.3. The molecule has 3 fully saturated rings. The van der Waals surface area contributed by atoms with E-state index in [2.05, 4.69) is 5.32 Å². The molecule has 3 bridgehead atoms. The Labute approximate surface area is 225 Å². The van der Waals surface area contributed by atoms with Crippen molar-refractivity contribution in [3.63, 3.8) is 0 Å². The maximum Gasteiger partial charge on any atom is 0.227 e. The van der Waals surface area contributed by atoms with Crippen LogP contribution >= 0.6 is 0 Å². The van der Waals surface area contributed by atoms with Crippen molar-refractivity contribution in [3.8, 4) is 40.1 Å². The number of rotatable bonds is 6. The first-order chi connectivity index (χ1) is 18.8. The molecule has 4 atom stereocenters. The molecular weight excluding hydrogens is 502 g/mol. The van der Waals surface area contributed by atoms with Gasteiger partial charge in [-0.3, -0.25) is 0 Å². The summed E-state index contributed by atoms with van der Waals surface area (Å²) in [7, 11) is 2.86. The molecule has 3 aromatic rings. The topological polar surface area (TPSA) is 100 Å². The van der Waals surface area contributed by atoms with Crippen molar-refractivity contribution >= 4 is 5.95 Å². The molecule has 1 aromatic heterocycles.